The average molecular weight is 1740 g/mol. The van der Waals surface area contributed by atoms with Crippen molar-refractivity contribution < 1.29 is 17.6 Å². The molecule has 20 rings (SSSR count). The van der Waals surface area contributed by atoms with Crippen molar-refractivity contribution in [1.82, 2.24) is 69.8 Å². The van der Waals surface area contributed by atoms with Crippen LogP contribution in [0.5, 0.6) is 0 Å². The number of hydrogen-bond acceptors (Lipinski definition) is 20. The number of aromatic nitrogens is 14. The minimum atomic E-state index is -0.218. The number of anilines is 4. The number of aryl methyl sites for hydroxylation is 7. The molecular weight excluding hydrogens is 1660 g/mol. The first-order chi connectivity index (χ1) is 61.4. The lowest BCUT2D eigenvalue weighted by molar-refractivity contribution is 0.618. The van der Waals surface area contributed by atoms with Gasteiger partial charge < -0.3 is 31.2 Å². The van der Waals surface area contributed by atoms with Crippen LogP contribution in [0.3, 0.4) is 0 Å². The van der Waals surface area contributed by atoms with Gasteiger partial charge in [0.2, 0.25) is 0 Å². The third-order valence-electron chi connectivity index (χ3n) is 21.3. The summed E-state index contributed by atoms with van der Waals surface area (Å²) in [6, 6.07) is 61.9. The van der Waals surface area contributed by atoms with Gasteiger partial charge in [0.1, 0.15) is 29.1 Å². The molecule has 26 heteroatoms. The minimum Gasteiger partial charge on any atom is -0.380 e. The van der Waals surface area contributed by atoms with E-state index in [1.807, 2.05) is 134 Å². The lowest BCUT2D eigenvalue weighted by Gasteiger charge is -2.14. The molecule has 0 saturated heterocycles. The third kappa shape index (κ3) is 19.8. The van der Waals surface area contributed by atoms with Gasteiger partial charge in [0, 0.05) is 81.8 Å². The molecule has 8 aromatic carbocycles. The molecule has 0 atom stereocenters. The summed E-state index contributed by atoms with van der Waals surface area (Å²) in [6.45, 7) is 15.6. The number of nitrogens with zero attached hydrogens (tertiary/aromatic N) is 12. The maximum Gasteiger partial charge on any atom is 0.126 e. The van der Waals surface area contributed by atoms with Gasteiger partial charge in [-0.25, -0.2) is 47.5 Å². The Hall–Kier alpha value is -14.4. The molecule has 126 heavy (non-hydrogen) atoms. The number of aromatic amines is 2. The van der Waals surface area contributed by atoms with E-state index in [0.29, 0.717) is 48.4 Å². The van der Waals surface area contributed by atoms with Gasteiger partial charge in [-0.2, -0.15) is 0 Å². The summed E-state index contributed by atoms with van der Waals surface area (Å²) in [5.74, 6) is 0.104. The Labute approximate surface area is 740 Å². The van der Waals surface area contributed by atoms with Crippen molar-refractivity contribution in [2.24, 2.45) is 0 Å². The molecule has 0 spiro atoms. The molecule has 0 aliphatic carbocycles. The second kappa shape index (κ2) is 38.1. The van der Waals surface area contributed by atoms with Gasteiger partial charge in [-0.05, 0) is 255 Å². The van der Waals surface area contributed by atoms with Crippen LogP contribution in [0.2, 0.25) is 0 Å². The van der Waals surface area contributed by atoms with E-state index < -0.39 is 0 Å². The Morgan fingerprint density at radius 1 is 0.310 bits per heavy atom. The summed E-state index contributed by atoms with van der Waals surface area (Å²) >= 11 is 6.44. The predicted molar refractivity (Wildman–Crippen MR) is 506 cm³/mol. The maximum atomic E-state index is 13.9. The van der Waals surface area contributed by atoms with Gasteiger partial charge in [-0.1, -0.05) is 43.3 Å². The van der Waals surface area contributed by atoms with E-state index >= 15 is 0 Å². The molecule has 18 nitrogen and oxygen atoms in total. The third-order valence-corrected chi connectivity index (χ3v) is 24.5. The Balaban J connectivity index is 0.000000119. The predicted octanol–water partition coefficient (Wildman–Crippen LogP) is 25.8. The number of H-pyrrole nitrogens is 2. The van der Waals surface area contributed by atoms with E-state index in [4.69, 9.17) is 19.9 Å². The van der Waals surface area contributed by atoms with Crippen LogP contribution in [0.4, 0.5) is 40.3 Å². The van der Waals surface area contributed by atoms with Crippen LogP contribution in [0.15, 0.2) is 272 Å². The molecule has 20 aromatic rings. The molecule has 0 radical (unpaired) electrons. The van der Waals surface area contributed by atoms with Crippen molar-refractivity contribution in [3.8, 4) is 89.5 Å². The lowest BCUT2D eigenvalue weighted by atomic mass is 9.97. The quantitative estimate of drug-likeness (QED) is 0.0367. The Bertz CT molecular complexity index is 7050. The van der Waals surface area contributed by atoms with Crippen LogP contribution in [0.25, 0.3) is 130 Å². The van der Waals surface area contributed by atoms with Crippen molar-refractivity contribution in [2.75, 3.05) is 21.3 Å². The van der Waals surface area contributed by atoms with E-state index in [0.717, 1.165) is 199 Å². The first-order valence-corrected chi connectivity index (χ1v) is 44.1. The van der Waals surface area contributed by atoms with Gasteiger partial charge in [-0.3, -0.25) is 29.9 Å². The monoisotopic (exact) mass is 1740 g/mol. The van der Waals surface area contributed by atoms with Gasteiger partial charge in [0.15, 0.2) is 0 Å². The van der Waals surface area contributed by atoms with Crippen LogP contribution < -0.4 is 21.3 Å². The van der Waals surface area contributed by atoms with Gasteiger partial charge in [-0.15, -0.1) is 45.3 Å². The van der Waals surface area contributed by atoms with Crippen LogP contribution >= 0.6 is 45.3 Å². The number of nitrogens with one attached hydrogen (secondary N) is 6. The number of fused-ring (bicyclic) bond motifs is 4. The number of imidazole rings is 2. The second-order valence-electron chi connectivity index (χ2n) is 30.3. The SMILES string of the molecule is CCc1ncc(CNc2cnc(-c3ccc(F)c(C)c3)c(-c3ccc4ncsc4c3)c2)[nH]1.Cc1cc(-c2ncc(NCc3cnc[nH]3)cc2-c2ccc3ncsc3c2)ccc1F.Cc1ccc(CNc2cnc(-c3ccc(F)c(C)c3)c(-c3ccc4ncsc4c3)c2)cn1.Cc1ccc(CNc2cnc(-c3ccc(F)c(C)c3)c(-c3ccc4ncsc4c3)c2)nc1. The average Bonchev–Trinajstić information content (AvgIpc) is 1.25. The summed E-state index contributed by atoms with van der Waals surface area (Å²) < 4.78 is 60.0. The van der Waals surface area contributed by atoms with Crippen LogP contribution in [-0.4, -0.2) is 69.8 Å². The largest absolute Gasteiger partial charge is 0.380 e. The molecule has 12 heterocycles. The molecule has 0 bridgehead atoms. The lowest BCUT2D eigenvalue weighted by Crippen LogP contribution is -2.03. The second-order valence-corrected chi connectivity index (χ2v) is 33.9. The molecular formula is C100H82F4N18S4. The van der Waals surface area contributed by atoms with Gasteiger partial charge in [0.25, 0.3) is 0 Å². The summed E-state index contributed by atoms with van der Waals surface area (Å²) in [4.78, 5) is 60.2. The maximum absolute atomic E-state index is 13.9. The molecule has 0 saturated carbocycles. The highest BCUT2D eigenvalue weighted by molar-refractivity contribution is 7.17. The van der Waals surface area contributed by atoms with E-state index in [2.05, 4.69) is 163 Å². The van der Waals surface area contributed by atoms with Crippen molar-refractivity contribution >= 4 is 109 Å². The Kier molecular flexibility index (Phi) is 25.4. The number of pyridine rings is 6. The fraction of sp³-hybridized carbons (Fsp3) is 0.120. The Morgan fingerprint density at radius 2 is 0.683 bits per heavy atom. The molecule has 0 amide bonds. The molecule has 0 aliphatic rings. The highest BCUT2D eigenvalue weighted by Gasteiger charge is 2.20. The number of halogens is 4. The van der Waals surface area contributed by atoms with E-state index in [9.17, 15) is 17.6 Å². The molecule has 0 unspecified atom stereocenters. The first-order valence-electron chi connectivity index (χ1n) is 40.6. The fourth-order valence-corrected chi connectivity index (χ4v) is 17.2. The standard InChI is InChI=1S/2C26H21FN4S.C25H22FN5S.C23H18FN5S/c1-16-3-6-20(28-12-16)13-29-21-11-22(18-5-8-24-25(10-18)32-15-31-24)26(30-14-21)19-4-7-23(27)17(2)9-19;1-16-9-20(5-7-23(16)27)26-22(19-6-8-24-25(10-19)32-15-31-24)11-21(14-30-26)29-13-18-4-3-17(2)28-12-18;1-3-24-28-13-19(31-24)12-27-18-10-20(16-5-7-22-23(9-16)32-14-30-22)25(29-11-18)17-4-6-21(26)15(2)8-17;1-14-6-16(2-4-20(14)24)23-19(15-3-5-21-22(7-15)30-13-29-21)8-17(10-27-23)26-11-18-9-25-12-28-18/h2*3-12,14-15,29H,13H2,1-2H3;4-11,13-14,27H,3,12H2,1-2H3,(H,28,31);2-10,12-13,26H,11H2,1H3,(H,25,28). The van der Waals surface area contributed by atoms with E-state index in [1.165, 1.54) is 24.3 Å². The molecule has 12 aromatic heterocycles. The summed E-state index contributed by atoms with van der Waals surface area (Å²) in [6.07, 6.45) is 17.2. The summed E-state index contributed by atoms with van der Waals surface area (Å²) in [5, 5.41) is 13.7. The van der Waals surface area contributed by atoms with E-state index in [1.54, 1.807) is 116 Å². The van der Waals surface area contributed by atoms with Crippen molar-refractivity contribution in [1.29, 1.82) is 0 Å². The zero-order valence-electron chi connectivity index (χ0n) is 69.5. The molecule has 6 N–H and O–H groups in total. The first kappa shape index (κ1) is 83.8. The summed E-state index contributed by atoms with van der Waals surface area (Å²) in [5.41, 5.74) is 38.4. The van der Waals surface area contributed by atoms with Gasteiger partial charge in [0.05, 0.1) is 182 Å². The van der Waals surface area contributed by atoms with Gasteiger partial charge >= 0.3 is 0 Å². The van der Waals surface area contributed by atoms with Crippen LogP contribution in [0, 0.1) is 64.8 Å². The normalized spacial score (nSPS) is 11.1. The minimum absolute atomic E-state index is 0.216. The molecule has 0 aliphatic heterocycles. The zero-order chi connectivity index (χ0) is 86.7. The number of benzene rings is 8. The fourth-order valence-electron chi connectivity index (χ4n) is 14.4. The highest BCUT2D eigenvalue weighted by Crippen LogP contribution is 2.41. The topological polar surface area (TPSA) is 234 Å². The Morgan fingerprint density at radius 3 is 1.02 bits per heavy atom. The van der Waals surface area contributed by atoms with Crippen molar-refractivity contribution in [3.05, 3.63) is 357 Å². The molecule has 0 fully saturated rings. The smallest absolute Gasteiger partial charge is 0.126 e. The number of thiazole rings is 4. The highest BCUT2D eigenvalue weighted by atomic mass is 32.1. The van der Waals surface area contributed by atoms with Crippen molar-refractivity contribution in [2.45, 2.75) is 81.1 Å². The number of hydrogen-bond donors (Lipinski definition) is 6. The molecule has 624 valence electrons. The number of rotatable bonds is 21. The zero-order valence-corrected chi connectivity index (χ0v) is 72.8. The summed E-state index contributed by atoms with van der Waals surface area (Å²) in [7, 11) is 0. The van der Waals surface area contributed by atoms with Crippen LogP contribution in [-0.2, 0) is 32.6 Å². The van der Waals surface area contributed by atoms with Crippen molar-refractivity contribution in [3.63, 3.8) is 0 Å². The van der Waals surface area contributed by atoms with Crippen LogP contribution in [0.1, 0.15) is 68.9 Å². The van der Waals surface area contributed by atoms with E-state index in [-0.39, 0.29) is 23.3 Å².